The van der Waals surface area contributed by atoms with Gasteiger partial charge in [-0.2, -0.15) is 0 Å². The summed E-state index contributed by atoms with van der Waals surface area (Å²) in [6, 6.07) is 4.62. The van der Waals surface area contributed by atoms with E-state index < -0.39 is 0 Å². The molecule has 1 saturated carbocycles. The summed E-state index contributed by atoms with van der Waals surface area (Å²) in [5.41, 5.74) is 0.931. The van der Waals surface area contributed by atoms with Gasteiger partial charge in [-0.3, -0.25) is 0 Å². The summed E-state index contributed by atoms with van der Waals surface area (Å²) in [6.45, 7) is 3.02. The molecule has 20 heavy (non-hydrogen) atoms. The molecule has 4 heteroatoms. The minimum absolute atomic E-state index is 0.619. The minimum Gasteiger partial charge on any atom is -0.357 e. The van der Waals surface area contributed by atoms with Gasteiger partial charge in [-0.25, -0.2) is 4.98 Å². The molecule has 0 saturated heterocycles. The minimum atomic E-state index is 0.619. The second kappa shape index (κ2) is 7.28. The van der Waals surface area contributed by atoms with Crippen molar-refractivity contribution in [2.75, 3.05) is 19.0 Å². The highest BCUT2D eigenvalue weighted by Gasteiger charge is 2.24. The molecule has 1 aliphatic rings. The van der Waals surface area contributed by atoms with Crippen molar-refractivity contribution in [3.05, 3.63) is 22.8 Å². The van der Waals surface area contributed by atoms with Gasteiger partial charge in [0.15, 0.2) is 0 Å². The molecule has 0 unspecified atom stereocenters. The Morgan fingerprint density at radius 1 is 1.30 bits per heavy atom. The van der Waals surface area contributed by atoms with Crippen LogP contribution in [0.2, 0.25) is 5.02 Å². The van der Waals surface area contributed by atoms with E-state index in [4.69, 9.17) is 16.6 Å². The van der Waals surface area contributed by atoms with Crippen LogP contribution in [0.1, 0.15) is 44.7 Å². The van der Waals surface area contributed by atoms with Crippen LogP contribution in [0.25, 0.3) is 0 Å². The van der Waals surface area contributed by atoms with Crippen LogP contribution in [-0.2, 0) is 6.54 Å². The Balaban J connectivity index is 2.05. The third-order valence-electron chi connectivity index (χ3n) is 4.55. The zero-order chi connectivity index (χ0) is 14.5. The molecular weight excluding hydrogens is 270 g/mol. The molecule has 1 aliphatic carbocycles. The van der Waals surface area contributed by atoms with E-state index >= 15 is 0 Å². The SMILES string of the molecule is CCC1CCC(N(C)c2ccc(Cl)c(CNC)n2)CC1. The van der Waals surface area contributed by atoms with Gasteiger partial charge in [0, 0.05) is 19.6 Å². The summed E-state index contributed by atoms with van der Waals surface area (Å²) in [5.74, 6) is 1.97. The molecule has 1 aromatic heterocycles. The zero-order valence-electron chi connectivity index (χ0n) is 12.8. The maximum atomic E-state index is 6.18. The topological polar surface area (TPSA) is 28.2 Å². The predicted octanol–water partition coefficient (Wildman–Crippen LogP) is 3.86. The van der Waals surface area contributed by atoms with Crippen molar-refractivity contribution < 1.29 is 0 Å². The number of nitrogens with one attached hydrogen (secondary N) is 1. The molecule has 1 N–H and O–H groups in total. The molecule has 0 amide bonds. The highest BCUT2D eigenvalue weighted by Crippen LogP contribution is 2.31. The van der Waals surface area contributed by atoms with Crippen LogP contribution >= 0.6 is 11.6 Å². The molecule has 1 aromatic rings. The van der Waals surface area contributed by atoms with Crippen molar-refractivity contribution in [3.8, 4) is 0 Å². The lowest BCUT2D eigenvalue weighted by atomic mass is 9.84. The first kappa shape index (κ1) is 15.6. The molecule has 112 valence electrons. The Morgan fingerprint density at radius 2 is 2.00 bits per heavy atom. The van der Waals surface area contributed by atoms with E-state index in [1.807, 2.05) is 19.2 Å². The van der Waals surface area contributed by atoms with Crippen molar-refractivity contribution in [1.82, 2.24) is 10.3 Å². The fourth-order valence-electron chi connectivity index (χ4n) is 3.09. The number of aromatic nitrogens is 1. The second-order valence-corrected chi connectivity index (χ2v) is 6.23. The maximum absolute atomic E-state index is 6.18. The number of rotatable bonds is 5. The van der Waals surface area contributed by atoms with E-state index in [0.29, 0.717) is 12.6 Å². The zero-order valence-corrected chi connectivity index (χ0v) is 13.6. The van der Waals surface area contributed by atoms with E-state index in [1.54, 1.807) is 0 Å². The maximum Gasteiger partial charge on any atom is 0.128 e. The van der Waals surface area contributed by atoms with Crippen molar-refractivity contribution in [1.29, 1.82) is 0 Å². The average Bonchev–Trinajstić information content (AvgIpc) is 2.49. The van der Waals surface area contributed by atoms with Crippen LogP contribution in [0, 0.1) is 5.92 Å². The summed E-state index contributed by atoms with van der Waals surface area (Å²) in [6.07, 6.45) is 6.58. The van der Waals surface area contributed by atoms with Crippen molar-refractivity contribution in [3.63, 3.8) is 0 Å². The highest BCUT2D eigenvalue weighted by molar-refractivity contribution is 6.31. The van der Waals surface area contributed by atoms with Crippen LogP contribution < -0.4 is 10.2 Å². The summed E-state index contributed by atoms with van der Waals surface area (Å²) < 4.78 is 0. The van der Waals surface area contributed by atoms with Gasteiger partial charge in [0.2, 0.25) is 0 Å². The second-order valence-electron chi connectivity index (χ2n) is 5.82. The summed E-state index contributed by atoms with van der Waals surface area (Å²) in [5, 5.41) is 3.86. The first-order valence-corrected chi connectivity index (χ1v) is 8.06. The standard InChI is InChI=1S/C16H26ClN3/c1-4-12-5-7-13(8-6-12)20(3)16-10-9-14(17)15(19-16)11-18-2/h9-10,12-13,18H,4-8,11H2,1-3H3. The predicted molar refractivity (Wildman–Crippen MR) is 86.5 cm³/mol. The number of anilines is 1. The number of halogens is 1. The van der Waals surface area contributed by atoms with Crippen LogP contribution in [-0.4, -0.2) is 25.1 Å². The fourth-order valence-corrected chi connectivity index (χ4v) is 3.26. The van der Waals surface area contributed by atoms with Gasteiger partial charge in [-0.15, -0.1) is 0 Å². The van der Waals surface area contributed by atoms with Crippen LogP contribution in [0.3, 0.4) is 0 Å². The smallest absolute Gasteiger partial charge is 0.128 e. The lowest BCUT2D eigenvalue weighted by Crippen LogP contribution is -2.35. The summed E-state index contributed by atoms with van der Waals surface area (Å²) in [4.78, 5) is 7.04. The molecule has 0 aliphatic heterocycles. The lowest BCUT2D eigenvalue weighted by molar-refractivity contribution is 0.313. The first-order chi connectivity index (χ1) is 9.65. The van der Waals surface area contributed by atoms with Crippen molar-refractivity contribution in [2.45, 2.75) is 51.6 Å². The van der Waals surface area contributed by atoms with Crippen LogP contribution in [0.5, 0.6) is 0 Å². The monoisotopic (exact) mass is 295 g/mol. The van der Waals surface area contributed by atoms with E-state index in [2.05, 4.69) is 24.2 Å². The van der Waals surface area contributed by atoms with E-state index in [-0.39, 0.29) is 0 Å². The fraction of sp³-hybridized carbons (Fsp3) is 0.688. The number of pyridine rings is 1. The quantitative estimate of drug-likeness (QED) is 0.894. The highest BCUT2D eigenvalue weighted by atomic mass is 35.5. The van der Waals surface area contributed by atoms with Gasteiger partial charge in [0.05, 0.1) is 10.7 Å². The molecule has 2 rings (SSSR count). The van der Waals surface area contributed by atoms with Gasteiger partial charge in [0.25, 0.3) is 0 Å². The Bertz CT molecular complexity index is 428. The Labute approximate surface area is 127 Å². The number of hydrogen-bond acceptors (Lipinski definition) is 3. The summed E-state index contributed by atoms with van der Waals surface area (Å²) in [7, 11) is 4.08. The van der Waals surface area contributed by atoms with E-state index in [1.165, 1.54) is 32.1 Å². The molecule has 0 bridgehead atoms. The van der Waals surface area contributed by atoms with Gasteiger partial charge in [0.1, 0.15) is 5.82 Å². The molecule has 0 atom stereocenters. The van der Waals surface area contributed by atoms with Gasteiger partial charge in [-0.1, -0.05) is 24.9 Å². The summed E-state index contributed by atoms with van der Waals surface area (Å²) >= 11 is 6.18. The number of nitrogens with zero attached hydrogens (tertiary/aromatic N) is 2. The Hall–Kier alpha value is -0.800. The molecule has 3 nitrogen and oxygen atoms in total. The van der Waals surface area contributed by atoms with Gasteiger partial charge in [-0.05, 0) is 50.8 Å². The van der Waals surface area contributed by atoms with E-state index in [9.17, 15) is 0 Å². The molecule has 0 spiro atoms. The number of hydrogen-bond donors (Lipinski definition) is 1. The normalized spacial score (nSPS) is 22.8. The molecule has 1 heterocycles. The first-order valence-electron chi connectivity index (χ1n) is 7.68. The van der Waals surface area contributed by atoms with Crippen molar-refractivity contribution >= 4 is 17.4 Å². The van der Waals surface area contributed by atoms with Gasteiger partial charge >= 0.3 is 0 Å². The molecule has 0 radical (unpaired) electrons. The molecular formula is C16H26ClN3. The third kappa shape index (κ3) is 3.64. The van der Waals surface area contributed by atoms with Gasteiger partial charge < -0.3 is 10.2 Å². The molecule has 0 aromatic carbocycles. The average molecular weight is 296 g/mol. The van der Waals surface area contributed by atoms with Crippen LogP contribution in [0.4, 0.5) is 5.82 Å². The lowest BCUT2D eigenvalue weighted by Gasteiger charge is -2.35. The molecule has 1 fully saturated rings. The third-order valence-corrected chi connectivity index (χ3v) is 4.90. The van der Waals surface area contributed by atoms with Crippen molar-refractivity contribution in [2.24, 2.45) is 5.92 Å². The van der Waals surface area contributed by atoms with Crippen LogP contribution in [0.15, 0.2) is 12.1 Å². The van der Waals surface area contributed by atoms with E-state index in [0.717, 1.165) is 22.5 Å². The largest absolute Gasteiger partial charge is 0.357 e. The Kier molecular flexibility index (Phi) is 5.67. The Morgan fingerprint density at radius 3 is 2.60 bits per heavy atom.